The number of benzene rings is 2. The number of carbonyl (C=O) groups is 1. The summed E-state index contributed by atoms with van der Waals surface area (Å²) >= 11 is 0. The number of methoxy groups -OCH3 is 3. The molecule has 29 heavy (non-hydrogen) atoms. The van der Waals surface area contributed by atoms with Crippen LogP contribution in [0.1, 0.15) is 21.5 Å². The first kappa shape index (κ1) is 19.9. The minimum Gasteiger partial charge on any atom is -0.493 e. The van der Waals surface area contributed by atoms with Gasteiger partial charge in [0.15, 0.2) is 11.5 Å². The molecule has 8 heteroatoms. The number of hydrogen-bond donors (Lipinski definition) is 2. The number of ether oxygens (including phenoxy) is 3. The van der Waals surface area contributed by atoms with Gasteiger partial charge in [-0.15, -0.1) is 0 Å². The van der Waals surface area contributed by atoms with Crippen LogP contribution in [0.2, 0.25) is 0 Å². The summed E-state index contributed by atoms with van der Waals surface area (Å²) in [5, 5.41) is 0. The lowest BCUT2D eigenvalue weighted by molar-refractivity contribution is 0.0601. The molecule has 0 unspecified atom stereocenters. The summed E-state index contributed by atoms with van der Waals surface area (Å²) in [6, 6.07) is 10.9. The van der Waals surface area contributed by atoms with Crippen molar-refractivity contribution in [2.75, 3.05) is 32.8 Å². The molecular formula is C21H22N4O4. The average molecular weight is 394 g/mol. The van der Waals surface area contributed by atoms with Crippen LogP contribution in [0.25, 0.3) is 11.1 Å². The van der Waals surface area contributed by atoms with Gasteiger partial charge in [-0.1, -0.05) is 12.1 Å². The summed E-state index contributed by atoms with van der Waals surface area (Å²) in [6.45, 7) is 0. The zero-order valence-electron chi connectivity index (χ0n) is 16.4. The van der Waals surface area contributed by atoms with Crippen molar-refractivity contribution in [3.8, 4) is 22.6 Å². The fourth-order valence-electron chi connectivity index (χ4n) is 3.06. The summed E-state index contributed by atoms with van der Waals surface area (Å²) < 4.78 is 15.9. The highest BCUT2D eigenvalue weighted by Gasteiger charge is 2.17. The SMILES string of the molecule is COC(=O)c1cccc(-c2cc(Cc3cnc(N)nc3N)cc(OC)c2OC)c1. The summed E-state index contributed by atoms with van der Waals surface area (Å²) in [7, 11) is 4.48. The van der Waals surface area contributed by atoms with Gasteiger partial charge >= 0.3 is 5.97 Å². The third kappa shape index (κ3) is 4.21. The maximum absolute atomic E-state index is 11.9. The van der Waals surface area contributed by atoms with Gasteiger partial charge in [-0.2, -0.15) is 4.98 Å². The fraction of sp³-hybridized carbons (Fsp3) is 0.190. The molecular weight excluding hydrogens is 372 g/mol. The van der Waals surface area contributed by atoms with Crippen molar-refractivity contribution in [3.05, 3.63) is 59.3 Å². The van der Waals surface area contributed by atoms with E-state index in [0.717, 1.165) is 22.3 Å². The zero-order valence-corrected chi connectivity index (χ0v) is 16.4. The smallest absolute Gasteiger partial charge is 0.337 e. The normalized spacial score (nSPS) is 10.4. The second-order valence-corrected chi connectivity index (χ2v) is 6.27. The molecule has 0 spiro atoms. The van der Waals surface area contributed by atoms with E-state index in [4.69, 9.17) is 25.7 Å². The third-order valence-corrected chi connectivity index (χ3v) is 4.44. The maximum atomic E-state index is 11.9. The minimum atomic E-state index is -0.416. The molecule has 3 rings (SSSR count). The van der Waals surface area contributed by atoms with Crippen molar-refractivity contribution in [2.45, 2.75) is 6.42 Å². The molecule has 0 amide bonds. The maximum Gasteiger partial charge on any atom is 0.337 e. The predicted molar refractivity (Wildman–Crippen MR) is 110 cm³/mol. The van der Waals surface area contributed by atoms with Crippen LogP contribution in [-0.4, -0.2) is 37.3 Å². The Kier molecular flexibility index (Phi) is 5.82. The molecule has 150 valence electrons. The Morgan fingerprint density at radius 2 is 1.86 bits per heavy atom. The molecule has 0 atom stereocenters. The summed E-state index contributed by atoms with van der Waals surface area (Å²) in [4.78, 5) is 19.9. The van der Waals surface area contributed by atoms with Gasteiger partial charge in [0.2, 0.25) is 5.95 Å². The van der Waals surface area contributed by atoms with E-state index in [2.05, 4.69) is 9.97 Å². The van der Waals surface area contributed by atoms with E-state index in [1.165, 1.54) is 7.11 Å². The Bertz CT molecular complexity index is 1050. The van der Waals surface area contributed by atoms with Crippen LogP contribution in [-0.2, 0) is 11.2 Å². The Morgan fingerprint density at radius 3 is 2.52 bits per heavy atom. The largest absolute Gasteiger partial charge is 0.493 e. The number of esters is 1. The van der Waals surface area contributed by atoms with Crippen LogP contribution in [0.5, 0.6) is 11.5 Å². The molecule has 1 aromatic heterocycles. The van der Waals surface area contributed by atoms with Gasteiger partial charge in [0.1, 0.15) is 5.82 Å². The molecule has 0 bridgehead atoms. The Labute approximate surface area is 168 Å². The lowest BCUT2D eigenvalue weighted by Crippen LogP contribution is -2.05. The number of nitrogen functional groups attached to an aromatic ring is 2. The molecule has 0 radical (unpaired) electrons. The van der Waals surface area contributed by atoms with Gasteiger partial charge in [0, 0.05) is 23.7 Å². The minimum absolute atomic E-state index is 0.124. The van der Waals surface area contributed by atoms with Gasteiger partial charge in [-0.25, -0.2) is 9.78 Å². The number of nitrogens with two attached hydrogens (primary N) is 2. The number of hydrogen-bond acceptors (Lipinski definition) is 8. The highest BCUT2D eigenvalue weighted by molar-refractivity contribution is 5.91. The van der Waals surface area contributed by atoms with E-state index < -0.39 is 5.97 Å². The van der Waals surface area contributed by atoms with Crippen molar-refractivity contribution in [1.82, 2.24) is 9.97 Å². The summed E-state index contributed by atoms with van der Waals surface area (Å²) in [5.74, 6) is 1.14. The van der Waals surface area contributed by atoms with Crippen LogP contribution >= 0.6 is 0 Å². The number of anilines is 2. The van der Waals surface area contributed by atoms with E-state index >= 15 is 0 Å². The quantitative estimate of drug-likeness (QED) is 0.612. The van der Waals surface area contributed by atoms with Crippen molar-refractivity contribution in [3.63, 3.8) is 0 Å². The second-order valence-electron chi connectivity index (χ2n) is 6.27. The molecule has 8 nitrogen and oxygen atoms in total. The van der Waals surface area contributed by atoms with Gasteiger partial charge < -0.3 is 25.7 Å². The van der Waals surface area contributed by atoms with Crippen molar-refractivity contribution in [1.29, 1.82) is 0 Å². The van der Waals surface area contributed by atoms with Crippen molar-refractivity contribution >= 4 is 17.7 Å². The zero-order chi connectivity index (χ0) is 21.0. The van der Waals surface area contributed by atoms with Gasteiger partial charge in [0.05, 0.1) is 26.9 Å². The van der Waals surface area contributed by atoms with Gasteiger partial charge in [0.25, 0.3) is 0 Å². The van der Waals surface area contributed by atoms with Crippen LogP contribution in [0.4, 0.5) is 11.8 Å². The lowest BCUT2D eigenvalue weighted by Gasteiger charge is -2.16. The Morgan fingerprint density at radius 1 is 1.07 bits per heavy atom. The molecule has 0 aliphatic rings. The molecule has 0 aliphatic heterocycles. The van der Waals surface area contributed by atoms with Gasteiger partial charge in [-0.3, -0.25) is 0 Å². The van der Waals surface area contributed by atoms with Crippen molar-refractivity contribution in [2.24, 2.45) is 0 Å². The molecule has 4 N–H and O–H groups in total. The van der Waals surface area contributed by atoms with E-state index in [9.17, 15) is 4.79 Å². The number of nitrogens with zero attached hydrogens (tertiary/aromatic N) is 2. The first-order chi connectivity index (χ1) is 14.0. The Balaban J connectivity index is 2.11. The number of carbonyl (C=O) groups excluding carboxylic acids is 1. The molecule has 2 aromatic carbocycles. The van der Waals surface area contributed by atoms with Crippen LogP contribution in [0.15, 0.2) is 42.6 Å². The molecule has 0 saturated carbocycles. The first-order valence-electron chi connectivity index (χ1n) is 8.77. The predicted octanol–water partition coefficient (Wildman–Crippen LogP) is 2.70. The topological polar surface area (TPSA) is 123 Å². The van der Waals surface area contributed by atoms with Crippen LogP contribution < -0.4 is 20.9 Å². The monoisotopic (exact) mass is 394 g/mol. The van der Waals surface area contributed by atoms with Crippen LogP contribution in [0.3, 0.4) is 0 Å². The average Bonchev–Trinajstić information content (AvgIpc) is 2.74. The van der Waals surface area contributed by atoms with E-state index in [-0.39, 0.29) is 5.95 Å². The van der Waals surface area contributed by atoms with Gasteiger partial charge in [-0.05, 0) is 35.4 Å². The molecule has 0 aliphatic carbocycles. The number of aromatic nitrogens is 2. The fourth-order valence-corrected chi connectivity index (χ4v) is 3.06. The molecule has 3 aromatic rings. The van der Waals surface area contributed by atoms with E-state index in [1.807, 2.05) is 18.2 Å². The molecule has 0 saturated heterocycles. The second kappa shape index (κ2) is 8.47. The van der Waals surface area contributed by atoms with Crippen molar-refractivity contribution < 1.29 is 19.0 Å². The Hall–Kier alpha value is -3.81. The third-order valence-electron chi connectivity index (χ3n) is 4.44. The summed E-state index contributed by atoms with van der Waals surface area (Å²) in [5.41, 5.74) is 15.2. The highest BCUT2D eigenvalue weighted by atomic mass is 16.5. The standard InChI is InChI=1S/C21H22N4O4/c1-27-17-9-12(7-15-11-24-21(23)25-19(15)22)8-16(18(17)28-2)13-5-4-6-14(10-13)20(26)29-3/h4-6,8-11H,7H2,1-3H3,(H4,22,23,24,25). The highest BCUT2D eigenvalue weighted by Crippen LogP contribution is 2.40. The molecule has 0 fully saturated rings. The molecule has 1 heterocycles. The summed E-state index contributed by atoms with van der Waals surface area (Å²) in [6.07, 6.45) is 2.07. The van der Waals surface area contributed by atoms with Crippen LogP contribution in [0, 0.1) is 0 Å². The lowest BCUT2D eigenvalue weighted by atomic mass is 9.97. The van der Waals surface area contributed by atoms with E-state index in [0.29, 0.717) is 29.3 Å². The first-order valence-corrected chi connectivity index (χ1v) is 8.77. The number of rotatable bonds is 6. The van der Waals surface area contributed by atoms with E-state index in [1.54, 1.807) is 38.6 Å².